The topological polar surface area (TPSA) is 32.8 Å². The fourth-order valence-electron chi connectivity index (χ4n) is 1.56. The van der Waals surface area contributed by atoms with Crippen LogP contribution in [0.15, 0.2) is 0 Å². The highest BCUT2D eigenvalue weighted by Crippen LogP contribution is 2.18. The molecule has 0 saturated carbocycles. The molecule has 0 aromatic carbocycles. The zero-order valence-electron chi connectivity index (χ0n) is 9.80. The normalized spacial score (nSPS) is 18.6. The second-order valence-electron chi connectivity index (χ2n) is 3.87. The molecule has 0 amide bonds. The van der Waals surface area contributed by atoms with E-state index in [9.17, 15) is 0 Å². The van der Waals surface area contributed by atoms with Gasteiger partial charge in [0.1, 0.15) is 0 Å². The van der Waals surface area contributed by atoms with Crippen LogP contribution in [0.25, 0.3) is 0 Å². The Hall–Kier alpha value is -0.0800. The van der Waals surface area contributed by atoms with Gasteiger partial charge in [0.15, 0.2) is 0 Å². The van der Waals surface area contributed by atoms with Crippen molar-refractivity contribution in [1.82, 2.24) is 0 Å². The van der Waals surface area contributed by atoms with E-state index in [1.54, 1.807) is 0 Å². The number of hydrogen-bond acceptors (Lipinski definition) is 2. The third-order valence-electron chi connectivity index (χ3n) is 2.53. The van der Waals surface area contributed by atoms with E-state index in [0.29, 0.717) is 6.10 Å². The van der Waals surface area contributed by atoms with Crippen LogP contribution in [-0.2, 0) is 4.74 Å². The number of unbranched alkanes of at least 4 members (excludes halogenated alkanes) is 6. The Morgan fingerprint density at radius 3 is 2.00 bits per heavy atom. The Kier molecular flexibility index (Phi) is 10.9. The van der Waals surface area contributed by atoms with E-state index in [1.165, 1.54) is 51.4 Å². The van der Waals surface area contributed by atoms with Crippen LogP contribution in [0.1, 0.15) is 58.3 Å². The number of hydrogen-bond donors (Lipinski definition) is 1. The highest BCUT2D eigenvalue weighted by atomic mass is 16.6. The van der Waals surface area contributed by atoms with Crippen molar-refractivity contribution in [1.29, 1.82) is 0 Å². The largest absolute Gasteiger partial charge is 0.400 e. The summed E-state index contributed by atoms with van der Waals surface area (Å²) >= 11 is 0. The minimum absolute atomic E-state index is 0.653. The standard InChI is InChI=1S/C11H22O.CH4O/c1-2-3-4-5-6-7-8-9-11-10-12-11;1-2/h11H,2-10H2,1H3;2H,1H3/t11-;/m0./s1. The fourth-order valence-corrected chi connectivity index (χ4v) is 1.56. The van der Waals surface area contributed by atoms with Crippen molar-refractivity contribution < 1.29 is 9.84 Å². The summed E-state index contributed by atoms with van der Waals surface area (Å²) in [6.07, 6.45) is 11.9. The molecule has 1 aliphatic heterocycles. The van der Waals surface area contributed by atoms with Crippen molar-refractivity contribution in [2.45, 2.75) is 64.4 Å². The van der Waals surface area contributed by atoms with Gasteiger partial charge < -0.3 is 9.84 Å². The van der Waals surface area contributed by atoms with E-state index in [4.69, 9.17) is 9.84 Å². The van der Waals surface area contributed by atoms with Crippen molar-refractivity contribution in [3.8, 4) is 0 Å². The molecule has 0 radical (unpaired) electrons. The molecule has 0 aromatic rings. The summed E-state index contributed by atoms with van der Waals surface area (Å²) in [7, 11) is 1.00. The van der Waals surface area contributed by atoms with Gasteiger partial charge in [-0.15, -0.1) is 0 Å². The van der Waals surface area contributed by atoms with Gasteiger partial charge in [0, 0.05) is 7.11 Å². The molecule has 0 spiro atoms. The van der Waals surface area contributed by atoms with E-state index >= 15 is 0 Å². The zero-order chi connectivity index (χ0) is 10.6. The number of aliphatic hydroxyl groups is 1. The summed E-state index contributed by atoms with van der Waals surface area (Å²) < 4.78 is 5.15. The molecule has 14 heavy (non-hydrogen) atoms. The molecule has 0 aromatic heterocycles. The molecule has 86 valence electrons. The summed E-state index contributed by atoms with van der Waals surface area (Å²) in [6, 6.07) is 0. The molecule has 0 unspecified atom stereocenters. The van der Waals surface area contributed by atoms with E-state index in [0.717, 1.165) is 13.7 Å². The van der Waals surface area contributed by atoms with Gasteiger partial charge in [-0.2, -0.15) is 0 Å². The van der Waals surface area contributed by atoms with Gasteiger partial charge in [-0.1, -0.05) is 51.9 Å². The molecule has 2 heteroatoms. The molecule has 1 atom stereocenters. The second kappa shape index (κ2) is 11.0. The molecule has 2 nitrogen and oxygen atoms in total. The predicted octanol–water partition coefficient (Wildman–Crippen LogP) is 3.13. The number of ether oxygens (including phenoxy) is 1. The molecule has 1 heterocycles. The molecule has 0 aliphatic carbocycles. The van der Waals surface area contributed by atoms with Crippen LogP contribution in [0.5, 0.6) is 0 Å². The Labute approximate surface area is 88.7 Å². The Bertz CT molecular complexity index is 100. The lowest BCUT2D eigenvalue weighted by Gasteiger charge is -1.98. The number of epoxide rings is 1. The van der Waals surface area contributed by atoms with Crippen LogP contribution in [0.2, 0.25) is 0 Å². The monoisotopic (exact) mass is 202 g/mol. The van der Waals surface area contributed by atoms with Gasteiger partial charge in [-0.05, 0) is 6.42 Å². The lowest BCUT2D eigenvalue weighted by molar-refractivity contribution is 0.387. The van der Waals surface area contributed by atoms with Gasteiger partial charge in [-0.25, -0.2) is 0 Å². The van der Waals surface area contributed by atoms with Crippen LogP contribution < -0.4 is 0 Å². The quantitative estimate of drug-likeness (QED) is 0.484. The van der Waals surface area contributed by atoms with Crippen LogP contribution in [-0.4, -0.2) is 24.9 Å². The summed E-state index contributed by atoms with van der Waals surface area (Å²) in [5.41, 5.74) is 0. The van der Waals surface area contributed by atoms with Crippen molar-refractivity contribution in [2.24, 2.45) is 0 Å². The van der Waals surface area contributed by atoms with Gasteiger partial charge in [0.05, 0.1) is 12.7 Å². The zero-order valence-corrected chi connectivity index (χ0v) is 9.80. The van der Waals surface area contributed by atoms with E-state index in [-0.39, 0.29) is 0 Å². The third-order valence-corrected chi connectivity index (χ3v) is 2.53. The van der Waals surface area contributed by atoms with Crippen LogP contribution in [0, 0.1) is 0 Å². The Morgan fingerprint density at radius 1 is 1.00 bits per heavy atom. The van der Waals surface area contributed by atoms with Gasteiger partial charge in [-0.3, -0.25) is 0 Å². The third kappa shape index (κ3) is 10.0. The van der Waals surface area contributed by atoms with Gasteiger partial charge in [0.25, 0.3) is 0 Å². The summed E-state index contributed by atoms with van der Waals surface area (Å²) in [5.74, 6) is 0. The van der Waals surface area contributed by atoms with Crippen LogP contribution in [0.4, 0.5) is 0 Å². The molecule has 1 N–H and O–H groups in total. The molecule has 1 fully saturated rings. The summed E-state index contributed by atoms with van der Waals surface area (Å²) in [5, 5.41) is 7.00. The van der Waals surface area contributed by atoms with E-state index in [2.05, 4.69) is 6.92 Å². The minimum atomic E-state index is 0.653. The predicted molar refractivity (Wildman–Crippen MR) is 60.5 cm³/mol. The highest BCUT2D eigenvalue weighted by Gasteiger charge is 2.20. The van der Waals surface area contributed by atoms with Gasteiger partial charge >= 0.3 is 0 Å². The molecule has 1 aliphatic rings. The lowest BCUT2D eigenvalue weighted by atomic mass is 10.1. The van der Waals surface area contributed by atoms with Crippen molar-refractivity contribution in [3.63, 3.8) is 0 Å². The minimum Gasteiger partial charge on any atom is -0.400 e. The fraction of sp³-hybridized carbons (Fsp3) is 1.00. The molecule has 1 saturated heterocycles. The summed E-state index contributed by atoms with van der Waals surface area (Å²) in [6.45, 7) is 3.31. The first-order valence-corrected chi connectivity index (χ1v) is 6.00. The Morgan fingerprint density at radius 2 is 1.50 bits per heavy atom. The second-order valence-corrected chi connectivity index (χ2v) is 3.87. The van der Waals surface area contributed by atoms with E-state index < -0.39 is 0 Å². The first-order chi connectivity index (χ1) is 6.93. The molecular weight excluding hydrogens is 176 g/mol. The first kappa shape index (κ1) is 13.9. The van der Waals surface area contributed by atoms with Crippen molar-refractivity contribution in [2.75, 3.05) is 13.7 Å². The van der Waals surface area contributed by atoms with Crippen molar-refractivity contribution in [3.05, 3.63) is 0 Å². The number of aliphatic hydroxyl groups excluding tert-OH is 1. The molecule has 0 bridgehead atoms. The average Bonchev–Trinajstić information content (AvgIpc) is 3.04. The average molecular weight is 202 g/mol. The smallest absolute Gasteiger partial charge is 0.0810 e. The SMILES string of the molecule is CCCCCCCCC[C@H]1CO1.CO. The van der Waals surface area contributed by atoms with E-state index in [1.807, 2.05) is 0 Å². The number of rotatable bonds is 8. The van der Waals surface area contributed by atoms with Crippen molar-refractivity contribution >= 4 is 0 Å². The maximum atomic E-state index is 7.00. The van der Waals surface area contributed by atoms with Gasteiger partial charge in [0.2, 0.25) is 0 Å². The maximum absolute atomic E-state index is 7.00. The maximum Gasteiger partial charge on any atom is 0.0810 e. The Balaban J connectivity index is 0.000000791. The lowest BCUT2D eigenvalue weighted by Crippen LogP contribution is -1.85. The first-order valence-electron chi connectivity index (χ1n) is 6.00. The highest BCUT2D eigenvalue weighted by molar-refractivity contribution is 4.68. The molecule has 1 rings (SSSR count). The van der Waals surface area contributed by atoms with Crippen LogP contribution >= 0.6 is 0 Å². The summed E-state index contributed by atoms with van der Waals surface area (Å²) in [4.78, 5) is 0. The molecular formula is C12H26O2. The van der Waals surface area contributed by atoms with Crippen LogP contribution in [0.3, 0.4) is 0 Å².